The third kappa shape index (κ3) is 3.90. The van der Waals surface area contributed by atoms with Crippen LogP contribution in [0.1, 0.15) is 23.8 Å². The Hall–Kier alpha value is -3.66. The van der Waals surface area contributed by atoms with Gasteiger partial charge in [0.05, 0.1) is 16.9 Å². The molecule has 0 saturated heterocycles. The van der Waals surface area contributed by atoms with E-state index in [-0.39, 0.29) is 11.7 Å². The second-order valence-corrected chi connectivity index (χ2v) is 7.36. The van der Waals surface area contributed by atoms with Gasteiger partial charge in [-0.15, -0.1) is 0 Å². The summed E-state index contributed by atoms with van der Waals surface area (Å²) in [4.78, 5) is 41.5. The van der Waals surface area contributed by atoms with Gasteiger partial charge >= 0.3 is 5.76 Å². The fraction of sp³-hybridized carbons (Fsp3) is 0.100. The zero-order chi connectivity index (χ0) is 21.3. The molecule has 0 aliphatic rings. The molecule has 0 atom stereocenters. The van der Waals surface area contributed by atoms with Gasteiger partial charge in [-0.25, -0.2) is 4.79 Å². The van der Waals surface area contributed by atoms with E-state index in [1.165, 1.54) is 0 Å². The topological polar surface area (TPSA) is 133 Å². The molecular formula is C20H16BrN5O4. The Kier molecular flexibility index (Phi) is 5.23. The molecule has 0 radical (unpaired) electrons. The van der Waals surface area contributed by atoms with E-state index in [1.54, 1.807) is 43.3 Å². The van der Waals surface area contributed by atoms with Gasteiger partial charge in [-0.05, 0) is 30.3 Å². The summed E-state index contributed by atoms with van der Waals surface area (Å²) in [6, 6.07) is 12.2. The van der Waals surface area contributed by atoms with Crippen molar-refractivity contribution in [1.29, 1.82) is 0 Å². The van der Waals surface area contributed by atoms with Crippen LogP contribution in [-0.4, -0.2) is 26.9 Å². The molecule has 2 aromatic heterocycles. The normalized spacial score (nSPS) is 10.9. The molecule has 2 aromatic carbocycles. The predicted molar refractivity (Wildman–Crippen MR) is 115 cm³/mol. The molecule has 0 aliphatic heterocycles. The minimum absolute atomic E-state index is 0.121. The number of amides is 2. The molecule has 4 N–H and O–H groups in total. The Labute approximate surface area is 178 Å². The van der Waals surface area contributed by atoms with Gasteiger partial charge < -0.3 is 15.6 Å². The number of aromatic nitrogens is 3. The zero-order valence-corrected chi connectivity index (χ0v) is 17.3. The summed E-state index contributed by atoms with van der Waals surface area (Å²) in [5, 5.41) is 10.1. The molecule has 10 heteroatoms. The number of aromatic amines is 2. The molecule has 152 valence electrons. The molecule has 4 rings (SSSR count). The van der Waals surface area contributed by atoms with Crippen LogP contribution in [0, 0.1) is 0 Å². The Morgan fingerprint density at radius 2 is 1.93 bits per heavy atom. The maximum absolute atomic E-state index is 12.9. The van der Waals surface area contributed by atoms with E-state index in [9.17, 15) is 14.4 Å². The van der Waals surface area contributed by atoms with Crippen LogP contribution in [0.2, 0.25) is 0 Å². The van der Waals surface area contributed by atoms with Gasteiger partial charge in [0, 0.05) is 21.8 Å². The highest BCUT2D eigenvalue weighted by atomic mass is 79.9. The maximum atomic E-state index is 12.9. The third-order valence-electron chi connectivity index (χ3n) is 4.42. The van der Waals surface area contributed by atoms with Crippen LogP contribution in [0.5, 0.6) is 0 Å². The summed E-state index contributed by atoms with van der Waals surface area (Å²) in [6.07, 6.45) is 0.348. The summed E-state index contributed by atoms with van der Waals surface area (Å²) in [7, 11) is 0. The molecule has 0 fully saturated rings. The minimum atomic E-state index is -0.695. The lowest BCUT2D eigenvalue weighted by Gasteiger charge is -2.09. The number of halogens is 1. The molecule has 9 nitrogen and oxygen atoms in total. The van der Waals surface area contributed by atoms with Crippen LogP contribution in [0.4, 0.5) is 11.4 Å². The molecule has 4 aromatic rings. The van der Waals surface area contributed by atoms with Gasteiger partial charge in [0.1, 0.15) is 5.69 Å². The van der Waals surface area contributed by atoms with Crippen LogP contribution in [0.25, 0.3) is 22.3 Å². The second-order valence-electron chi connectivity index (χ2n) is 6.44. The molecule has 2 heterocycles. The van der Waals surface area contributed by atoms with E-state index in [1.807, 2.05) is 6.07 Å². The van der Waals surface area contributed by atoms with Crippen molar-refractivity contribution in [3.05, 3.63) is 63.2 Å². The number of rotatable bonds is 5. The average molecular weight is 470 g/mol. The summed E-state index contributed by atoms with van der Waals surface area (Å²) >= 11 is 3.36. The van der Waals surface area contributed by atoms with Crippen molar-refractivity contribution in [2.45, 2.75) is 13.3 Å². The van der Waals surface area contributed by atoms with Crippen molar-refractivity contribution in [2.24, 2.45) is 0 Å². The van der Waals surface area contributed by atoms with E-state index in [4.69, 9.17) is 0 Å². The summed E-state index contributed by atoms with van der Waals surface area (Å²) in [6.45, 7) is 1.76. The minimum Gasteiger partial charge on any atom is -0.349 e. The Bertz CT molecular complexity index is 1320. The number of anilines is 2. The first kappa shape index (κ1) is 19.6. The largest absolute Gasteiger partial charge is 0.439 e. The molecule has 30 heavy (non-hydrogen) atoms. The number of hydrogen-bond donors (Lipinski definition) is 4. The SMILES string of the molecule is CCC(=O)Nc1cccc2cc(C(=O)Nc3ccc(Br)cc3-c3noc(=O)[nH]3)[nH]c12. The van der Waals surface area contributed by atoms with Crippen LogP contribution < -0.4 is 16.4 Å². The number of hydrogen-bond acceptors (Lipinski definition) is 5. The van der Waals surface area contributed by atoms with Gasteiger partial charge in [-0.2, -0.15) is 0 Å². The standard InChI is InChI=1S/C20H16BrN5O4/c1-2-16(27)22-14-5-3-4-10-8-15(23-17(10)14)19(28)24-13-7-6-11(21)9-12(13)18-25-20(29)30-26-18/h3-9,23H,2H2,1H3,(H,22,27)(H,24,28)(H,25,26,29). The smallest absolute Gasteiger partial charge is 0.349 e. The van der Waals surface area contributed by atoms with E-state index in [2.05, 4.69) is 46.2 Å². The second kappa shape index (κ2) is 7.99. The average Bonchev–Trinajstić information content (AvgIpc) is 3.36. The van der Waals surface area contributed by atoms with Gasteiger partial charge in [0.25, 0.3) is 5.91 Å². The van der Waals surface area contributed by atoms with Crippen molar-refractivity contribution >= 4 is 50.0 Å². The van der Waals surface area contributed by atoms with Gasteiger partial charge in [-0.1, -0.05) is 40.1 Å². The third-order valence-corrected chi connectivity index (χ3v) is 4.91. The van der Waals surface area contributed by atoms with Crippen molar-refractivity contribution in [2.75, 3.05) is 10.6 Å². The lowest BCUT2D eigenvalue weighted by Crippen LogP contribution is -2.13. The number of nitrogens with one attached hydrogen (secondary N) is 4. The molecule has 2 amide bonds. The molecule has 0 unspecified atom stereocenters. The first-order chi connectivity index (χ1) is 14.4. The number of para-hydroxylation sites is 1. The van der Waals surface area contributed by atoms with Crippen LogP contribution in [0.15, 0.2) is 56.3 Å². The number of carbonyl (C=O) groups is 2. The summed E-state index contributed by atoms with van der Waals surface area (Å²) < 4.78 is 5.30. The van der Waals surface area contributed by atoms with E-state index in [0.29, 0.717) is 34.6 Å². The van der Waals surface area contributed by atoms with Gasteiger partial charge in [0.15, 0.2) is 5.82 Å². The number of carbonyl (C=O) groups excluding carboxylic acids is 2. The quantitative estimate of drug-likeness (QED) is 0.352. The molecule has 0 spiro atoms. The highest BCUT2D eigenvalue weighted by Crippen LogP contribution is 2.29. The van der Waals surface area contributed by atoms with Gasteiger partial charge in [-0.3, -0.25) is 19.1 Å². The summed E-state index contributed by atoms with van der Waals surface area (Å²) in [5.41, 5.74) is 2.48. The van der Waals surface area contributed by atoms with Crippen LogP contribution in [0.3, 0.4) is 0 Å². The highest BCUT2D eigenvalue weighted by molar-refractivity contribution is 9.10. The predicted octanol–water partition coefficient (Wildman–Crippen LogP) is 3.87. The Morgan fingerprint density at radius 3 is 2.67 bits per heavy atom. The lowest BCUT2D eigenvalue weighted by atomic mass is 10.1. The van der Waals surface area contributed by atoms with Crippen molar-refractivity contribution < 1.29 is 14.1 Å². The summed E-state index contributed by atoms with van der Waals surface area (Å²) in [5.74, 6) is -1.02. The Balaban J connectivity index is 1.67. The van der Waals surface area contributed by atoms with Crippen molar-refractivity contribution in [3.8, 4) is 11.4 Å². The van der Waals surface area contributed by atoms with Crippen LogP contribution >= 0.6 is 15.9 Å². The highest BCUT2D eigenvalue weighted by Gasteiger charge is 2.17. The number of fused-ring (bicyclic) bond motifs is 1. The molecular weight excluding hydrogens is 454 g/mol. The molecule has 0 aliphatic carbocycles. The first-order valence-electron chi connectivity index (χ1n) is 9.03. The first-order valence-corrected chi connectivity index (χ1v) is 9.82. The van der Waals surface area contributed by atoms with E-state index in [0.717, 1.165) is 9.86 Å². The number of nitrogens with zero attached hydrogens (tertiary/aromatic N) is 1. The van der Waals surface area contributed by atoms with Crippen molar-refractivity contribution in [1.82, 2.24) is 15.1 Å². The number of benzene rings is 2. The lowest BCUT2D eigenvalue weighted by molar-refractivity contribution is -0.115. The molecule has 0 saturated carbocycles. The van der Waals surface area contributed by atoms with Gasteiger partial charge in [0.2, 0.25) is 5.91 Å². The van der Waals surface area contributed by atoms with Crippen LogP contribution in [-0.2, 0) is 4.79 Å². The molecule has 0 bridgehead atoms. The fourth-order valence-electron chi connectivity index (χ4n) is 2.98. The zero-order valence-electron chi connectivity index (χ0n) is 15.7. The van der Waals surface area contributed by atoms with E-state index >= 15 is 0 Å². The van der Waals surface area contributed by atoms with Crippen molar-refractivity contribution in [3.63, 3.8) is 0 Å². The maximum Gasteiger partial charge on any atom is 0.439 e. The fourth-order valence-corrected chi connectivity index (χ4v) is 3.34. The van der Waals surface area contributed by atoms with E-state index < -0.39 is 11.7 Å². The monoisotopic (exact) mass is 469 g/mol. The number of H-pyrrole nitrogens is 2. The Morgan fingerprint density at radius 1 is 1.10 bits per heavy atom.